The maximum absolute atomic E-state index is 12.7. The first-order chi connectivity index (χ1) is 14.8. The van der Waals surface area contributed by atoms with Crippen LogP contribution in [-0.2, 0) is 20.8 Å². The first-order valence-electron chi connectivity index (χ1n) is 11.0. The number of rotatable bonds is 4. The number of hydrogen-bond acceptors (Lipinski definition) is 6. The minimum Gasteiger partial charge on any atom is -0.445 e. The molecule has 0 radical (unpaired) electrons. The van der Waals surface area contributed by atoms with Gasteiger partial charge in [0, 0.05) is 19.6 Å². The van der Waals surface area contributed by atoms with Crippen LogP contribution in [0, 0.1) is 17.8 Å². The van der Waals surface area contributed by atoms with Crippen molar-refractivity contribution < 1.29 is 28.6 Å². The highest BCUT2D eigenvalue weighted by Gasteiger charge is 2.58. The summed E-state index contributed by atoms with van der Waals surface area (Å²) in [6.07, 6.45) is -1.76. The number of likely N-dealkylation sites (tertiary alicyclic amines) is 1. The summed E-state index contributed by atoms with van der Waals surface area (Å²) in [4.78, 5) is 40.5. The molecule has 8 heteroatoms. The van der Waals surface area contributed by atoms with Crippen molar-refractivity contribution in [3.8, 4) is 0 Å². The van der Waals surface area contributed by atoms with E-state index in [1.165, 1.54) is 0 Å². The van der Waals surface area contributed by atoms with E-state index in [0.717, 1.165) is 10.5 Å². The van der Waals surface area contributed by atoms with Crippen molar-refractivity contribution in [1.82, 2.24) is 9.80 Å². The van der Waals surface area contributed by atoms with Gasteiger partial charge in [-0.15, -0.1) is 0 Å². The number of nitrogens with zero attached hydrogens (tertiary/aromatic N) is 2. The van der Waals surface area contributed by atoms with Gasteiger partial charge in [0.05, 0.1) is 0 Å². The molecule has 0 bridgehead atoms. The van der Waals surface area contributed by atoms with E-state index in [0.29, 0.717) is 13.1 Å². The lowest BCUT2D eigenvalue weighted by Gasteiger charge is -2.29. The molecule has 2 fully saturated rings. The van der Waals surface area contributed by atoms with Crippen LogP contribution in [0.1, 0.15) is 47.1 Å². The molecule has 0 spiro atoms. The summed E-state index contributed by atoms with van der Waals surface area (Å²) < 4.78 is 16.3. The SMILES string of the molecule is CC(C)(C)OC(=O)N(CC1[C@H]2CN(C(=O)OCc3ccccc3)C[C@@H]12)C(=O)OC(C)(C)C. The van der Waals surface area contributed by atoms with Gasteiger partial charge in [0.25, 0.3) is 0 Å². The maximum Gasteiger partial charge on any atom is 0.419 e. The predicted molar refractivity (Wildman–Crippen MR) is 118 cm³/mol. The van der Waals surface area contributed by atoms with Gasteiger partial charge in [-0.3, -0.25) is 0 Å². The van der Waals surface area contributed by atoms with Crippen LogP contribution in [0.3, 0.4) is 0 Å². The van der Waals surface area contributed by atoms with E-state index in [2.05, 4.69) is 0 Å². The normalized spacial score (nSPS) is 22.1. The van der Waals surface area contributed by atoms with Crippen LogP contribution in [0.25, 0.3) is 0 Å². The van der Waals surface area contributed by atoms with E-state index < -0.39 is 23.4 Å². The molecular weight excluding hydrogens is 412 g/mol. The van der Waals surface area contributed by atoms with Crippen LogP contribution in [0.15, 0.2) is 30.3 Å². The molecule has 3 amide bonds. The minimum atomic E-state index is -0.726. The Kier molecular flexibility index (Phi) is 6.72. The predicted octanol–water partition coefficient (Wildman–Crippen LogP) is 4.67. The topological polar surface area (TPSA) is 85.4 Å². The maximum atomic E-state index is 12.7. The largest absolute Gasteiger partial charge is 0.445 e. The number of amides is 3. The molecule has 1 aromatic rings. The summed E-state index contributed by atoms with van der Waals surface area (Å²) in [7, 11) is 0. The van der Waals surface area contributed by atoms with Crippen LogP contribution in [0.5, 0.6) is 0 Å². The van der Waals surface area contributed by atoms with Gasteiger partial charge >= 0.3 is 18.3 Å². The van der Waals surface area contributed by atoms with Crippen LogP contribution in [-0.4, -0.2) is 58.9 Å². The molecule has 2 aliphatic rings. The van der Waals surface area contributed by atoms with E-state index >= 15 is 0 Å². The van der Waals surface area contributed by atoms with Crippen molar-refractivity contribution in [2.45, 2.75) is 59.4 Å². The van der Waals surface area contributed by atoms with Gasteiger partial charge in [0.1, 0.15) is 17.8 Å². The van der Waals surface area contributed by atoms with Crippen LogP contribution >= 0.6 is 0 Å². The van der Waals surface area contributed by atoms with Gasteiger partial charge in [-0.1, -0.05) is 30.3 Å². The number of carbonyl (C=O) groups excluding carboxylic acids is 3. The van der Waals surface area contributed by atoms with Crippen molar-refractivity contribution in [2.24, 2.45) is 17.8 Å². The number of hydrogen-bond donors (Lipinski definition) is 0. The molecular formula is C24H34N2O6. The third-order valence-corrected chi connectivity index (χ3v) is 5.46. The number of imide groups is 1. The summed E-state index contributed by atoms with van der Waals surface area (Å²) in [6, 6.07) is 9.54. The summed E-state index contributed by atoms with van der Waals surface area (Å²) in [5.41, 5.74) is -0.514. The molecule has 0 N–H and O–H groups in total. The Morgan fingerprint density at radius 1 is 0.906 bits per heavy atom. The average Bonchev–Trinajstić information content (AvgIpc) is 3.10. The molecule has 1 aliphatic carbocycles. The van der Waals surface area contributed by atoms with Crippen LogP contribution in [0.2, 0.25) is 0 Å². The van der Waals surface area contributed by atoms with Gasteiger partial charge < -0.3 is 19.1 Å². The first-order valence-corrected chi connectivity index (χ1v) is 11.0. The Morgan fingerprint density at radius 2 is 1.41 bits per heavy atom. The average molecular weight is 447 g/mol. The fourth-order valence-corrected chi connectivity index (χ4v) is 3.95. The van der Waals surface area contributed by atoms with Gasteiger partial charge in [0.2, 0.25) is 0 Å². The van der Waals surface area contributed by atoms with E-state index in [1.54, 1.807) is 46.4 Å². The quantitative estimate of drug-likeness (QED) is 0.625. The van der Waals surface area contributed by atoms with Crippen molar-refractivity contribution in [3.63, 3.8) is 0 Å². The molecule has 0 aromatic heterocycles. The zero-order valence-electron chi connectivity index (χ0n) is 19.8. The Balaban J connectivity index is 1.54. The van der Waals surface area contributed by atoms with E-state index in [4.69, 9.17) is 14.2 Å². The standard InChI is InChI=1S/C24H34N2O6/c1-23(2,3)31-21(28)26(22(29)32-24(4,5)6)14-19-17-12-25(13-18(17)19)20(27)30-15-16-10-8-7-9-11-16/h7-11,17-19H,12-15H2,1-6H3/t17-,18+,19?. The zero-order valence-corrected chi connectivity index (χ0v) is 19.8. The molecule has 1 saturated carbocycles. The highest BCUT2D eigenvalue weighted by molar-refractivity contribution is 5.88. The monoisotopic (exact) mass is 446 g/mol. The Labute approximate surface area is 189 Å². The lowest BCUT2D eigenvalue weighted by molar-refractivity contribution is -0.000396. The number of fused-ring (bicyclic) bond motifs is 1. The second-order valence-electron chi connectivity index (χ2n) is 10.5. The molecule has 1 unspecified atom stereocenters. The van der Waals surface area contributed by atoms with E-state index in [-0.39, 0.29) is 37.0 Å². The molecule has 1 aromatic carbocycles. The molecule has 3 rings (SSSR count). The third-order valence-electron chi connectivity index (χ3n) is 5.46. The molecule has 1 heterocycles. The molecule has 8 nitrogen and oxygen atoms in total. The minimum absolute atomic E-state index is 0.119. The number of benzene rings is 1. The van der Waals surface area contributed by atoms with Crippen molar-refractivity contribution in [3.05, 3.63) is 35.9 Å². The highest BCUT2D eigenvalue weighted by atomic mass is 16.6. The fourth-order valence-electron chi connectivity index (χ4n) is 3.95. The van der Waals surface area contributed by atoms with Gasteiger partial charge in [-0.05, 0) is 64.9 Å². The summed E-state index contributed by atoms with van der Waals surface area (Å²) in [5.74, 6) is 0.575. The molecule has 3 atom stereocenters. The number of piperidine rings is 1. The van der Waals surface area contributed by atoms with Crippen molar-refractivity contribution in [1.29, 1.82) is 0 Å². The first kappa shape index (κ1) is 23.9. The van der Waals surface area contributed by atoms with Gasteiger partial charge in [-0.25, -0.2) is 19.3 Å². The molecule has 1 aliphatic heterocycles. The van der Waals surface area contributed by atoms with Crippen molar-refractivity contribution >= 4 is 18.3 Å². The lowest BCUT2D eigenvalue weighted by Crippen LogP contribution is -2.45. The summed E-state index contributed by atoms with van der Waals surface area (Å²) in [5, 5.41) is 0. The van der Waals surface area contributed by atoms with Crippen LogP contribution in [0.4, 0.5) is 14.4 Å². The Bertz CT molecular complexity index is 802. The summed E-state index contributed by atoms with van der Waals surface area (Å²) in [6.45, 7) is 12.1. The zero-order chi connectivity index (χ0) is 23.7. The fraction of sp³-hybridized carbons (Fsp3) is 0.625. The summed E-state index contributed by atoms with van der Waals surface area (Å²) >= 11 is 0. The van der Waals surface area contributed by atoms with Crippen molar-refractivity contribution in [2.75, 3.05) is 19.6 Å². The molecule has 176 valence electrons. The van der Waals surface area contributed by atoms with Gasteiger partial charge in [-0.2, -0.15) is 0 Å². The lowest BCUT2D eigenvalue weighted by atomic mass is 10.2. The second-order valence-corrected chi connectivity index (χ2v) is 10.5. The third kappa shape index (κ3) is 6.37. The Morgan fingerprint density at radius 3 is 1.88 bits per heavy atom. The van der Waals surface area contributed by atoms with Crippen LogP contribution < -0.4 is 0 Å². The van der Waals surface area contributed by atoms with Gasteiger partial charge in [0.15, 0.2) is 0 Å². The highest BCUT2D eigenvalue weighted by Crippen LogP contribution is 2.52. The molecule has 1 saturated heterocycles. The van der Waals surface area contributed by atoms with E-state index in [1.807, 2.05) is 30.3 Å². The van der Waals surface area contributed by atoms with E-state index in [9.17, 15) is 14.4 Å². The number of ether oxygens (including phenoxy) is 3. The molecule has 32 heavy (non-hydrogen) atoms. The smallest absolute Gasteiger partial charge is 0.419 e. The number of carbonyl (C=O) groups is 3. The second kappa shape index (κ2) is 9.00. The Hall–Kier alpha value is -2.77.